The van der Waals surface area contributed by atoms with Crippen molar-refractivity contribution in [3.05, 3.63) is 48.0 Å². The maximum absolute atomic E-state index is 10.1. The van der Waals surface area contributed by atoms with Crippen molar-refractivity contribution >= 4 is 10.9 Å². The number of hydrogen-bond donors (Lipinski definition) is 1. The van der Waals surface area contributed by atoms with Gasteiger partial charge in [-0.05, 0) is 24.6 Å². The molecular formula is C15H14N2O. The Hall–Kier alpha value is -2.29. The Morgan fingerprint density at radius 2 is 1.83 bits per heavy atom. The zero-order valence-electron chi connectivity index (χ0n) is 10.4. The molecule has 0 aliphatic rings. The summed E-state index contributed by atoms with van der Waals surface area (Å²) in [4.78, 5) is 0. The third-order valence-electron chi connectivity index (χ3n) is 3.26. The molecule has 3 rings (SSSR count). The molecule has 0 spiro atoms. The van der Waals surface area contributed by atoms with Crippen molar-refractivity contribution in [1.82, 2.24) is 9.78 Å². The number of fused-ring (bicyclic) bond motifs is 1. The van der Waals surface area contributed by atoms with Gasteiger partial charge in [0.1, 0.15) is 11.4 Å². The summed E-state index contributed by atoms with van der Waals surface area (Å²) in [6, 6.07) is 13.6. The molecule has 0 unspecified atom stereocenters. The van der Waals surface area contributed by atoms with E-state index in [-0.39, 0.29) is 5.75 Å². The highest BCUT2D eigenvalue weighted by Crippen LogP contribution is 2.34. The summed E-state index contributed by atoms with van der Waals surface area (Å²) in [6.07, 6.45) is 0. The molecule has 90 valence electrons. The molecule has 0 saturated heterocycles. The fourth-order valence-corrected chi connectivity index (χ4v) is 2.32. The van der Waals surface area contributed by atoms with Crippen LogP contribution in [0.25, 0.3) is 22.2 Å². The highest BCUT2D eigenvalue weighted by molar-refractivity contribution is 5.98. The summed E-state index contributed by atoms with van der Waals surface area (Å²) in [7, 11) is 1.89. The maximum Gasteiger partial charge on any atom is 0.127 e. The van der Waals surface area contributed by atoms with E-state index in [9.17, 15) is 5.11 Å². The lowest BCUT2D eigenvalue weighted by Crippen LogP contribution is -1.90. The van der Waals surface area contributed by atoms with Gasteiger partial charge in [0, 0.05) is 12.6 Å². The van der Waals surface area contributed by atoms with Gasteiger partial charge in [0.15, 0.2) is 0 Å². The van der Waals surface area contributed by atoms with Crippen LogP contribution in [0.3, 0.4) is 0 Å². The molecule has 0 fully saturated rings. The van der Waals surface area contributed by atoms with E-state index in [1.165, 1.54) is 0 Å². The van der Waals surface area contributed by atoms with Crippen molar-refractivity contribution in [3.63, 3.8) is 0 Å². The van der Waals surface area contributed by atoms with Gasteiger partial charge in [-0.2, -0.15) is 5.10 Å². The number of aromatic hydroxyl groups is 1. The van der Waals surface area contributed by atoms with Crippen LogP contribution >= 0.6 is 0 Å². The molecule has 3 aromatic rings. The van der Waals surface area contributed by atoms with E-state index in [0.29, 0.717) is 0 Å². The summed E-state index contributed by atoms with van der Waals surface area (Å²) in [5.74, 6) is 0.277. The Balaban J connectivity index is 2.41. The smallest absolute Gasteiger partial charge is 0.127 e. The van der Waals surface area contributed by atoms with Gasteiger partial charge in [0.2, 0.25) is 0 Å². The van der Waals surface area contributed by atoms with Crippen LogP contribution in [0, 0.1) is 6.92 Å². The summed E-state index contributed by atoms with van der Waals surface area (Å²) < 4.78 is 1.80. The second kappa shape index (κ2) is 3.88. The fourth-order valence-electron chi connectivity index (χ4n) is 2.32. The van der Waals surface area contributed by atoms with Crippen LogP contribution in [-0.4, -0.2) is 14.9 Å². The van der Waals surface area contributed by atoms with Gasteiger partial charge in [-0.3, -0.25) is 4.68 Å². The molecule has 0 saturated carbocycles. The molecule has 3 nitrogen and oxygen atoms in total. The van der Waals surface area contributed by atoms with Crippen molar-refractivity contribution in [2.24, 2.45) is 7.05 Å². The van der Waals surface area contributed by atoms with E-state index in [1.807, 2.05) is 37.4 Å². The van der Waals surface area contributed by atoms with Crippen LogP contribution in [0.4, 0.5) is 0 Å². The molecule has 1 heterocycles. The Morgan fingerprint density at radius 3 is 2.61 bits per heavy atom. The lowest BCUT2D eigenvalue weighted by atomic mass is 10.0. The van der Waals surface area contributed by atoms with Crippen LogP contribution in [0.5, 0.6) is 5.75 Å². The second-order valence-corrected chi connectivity index (χ2v) is 4.46. The standard InChI is InChI=1S/C15H14N2O/c1-10-6-3-4-7-11(10)15-14-12(17(2)16-15)8-5-9-13(14)18/h3-9,18H,1-2H3. The molecule has 0 aliphatic carbocycles. The highest BCUT2D eigenvalue weighted by atomic mass is 16.3. The molecule has 0 amide bonds. The average Bonchev–Trinajstić information content (AvgIpc) is 2.69. The van der Waals surface area contributed by atoms with Gasteiger partial charge in [-0.1, -0.05) is 30.3 Å². The second-order valence-electron chi connectivity index (χ2n) is 4.46. The summed E-state index contributed by atoms with van der Waals surface area (Å²) in [5.41, 5.74) is 3.99. The molecule has 1 aromatic heterocycles. The SMILES string of the molecule is Cc1ccccc1-c1nn(C)c2cccc(O)c12. The molecule has 0 radical (unpaired) electrons. The van der Waals surface area contributed by atoms with E-state index >= 15 is 0 Å². The normalized spacial score (nSPS) is 11.0. The van der Waals surface area contributed by atoms with Crippen molar-refractivity contribution in [1.29, 1.82) is 0 Å². The number of aryl methyl sites for hydroxylation is 2. The van der Waals surface area contributed by atoms with E-state index in [0.717, 1.165) is 27.7 Å². The number of nitrogens with zero attached hydrogens (tertiary/aromatic N) is 2. The minimum absolute atomic E-state index is 0.277. The Labute approximate surface area is 105 Å². The van der Waals surface area contributed by atoms with E-state index in [1.54, 1.807) is 10.7 Å². The average molecular weight is 238 g/mol. The van der Waals surface area contributed by atoms with Crippen LogP contribution < -0.4 is 0 Å². The van der Waals surface area contributed by atoms with Crippen molar-refractivity contribution in [2.45, 2.75) is 6.92 Å². The predicted molar refractivity (Wildman–Crippen MR) is 72.6 cm³/mol. The first-order valence-electron chi connectivity index (χ1n) is 5.89. The topological polar surface area (TPSA) is 38.0 Å². The third-order valence-corrected chi connectivity index (χ3v) is 3.26. The zero-order chi connectivity index (χ0) is 12.7. The van der Waals surface area contributed by atoms with Gasteiger partial charge in [0.25, 0.3) is 0 Å². The minimum Gasteiger partial charge on any atom is -0.507 e. The van der Waals surface area contributed by atoms with E-state index in [4.69, 9.17) is 0 Å². The molecule has 3 heteroatoms. The Kier molecular flexibility index (Phi) is 2.33. The van der Waals surface area contributed by atoms with Crippen molar-refractivity contribution < 1.29 is 5.11 Å². The summed E-state index contributed by atoms with van der Waals surface area (Å²) >= 11 is 0. The van der Waals surface area contributed by atoms with Gasteiger partial charge >= 0.3 is 0 Å². The van der Waals surface area contributed by atoms with E-state index in [2.05, 4.69) is 18.1 Å². The number of phenols is 1. The van der Waals surface area contributed by atoms with Crippen molar-refractivity contribution in [2.75, 3.05) is 0 Å². The molecule has 0 bridgehead atoms. The third kappa shape index (κ3) is 1.48. The first-order chi connectivity index (χ1) is 8.68. The first-order valence-corrected chi connectivity index (χ1v) is 5.89. The van der Waals surface area contributed by atoms with Gasteiger partial charge < -0.3 is 5.11 Å². The lowest BCUT2D eigenvalue weighted by Gasteiger charge is -2.03. The van der Waals surface area contributed by atoms with Crippen molar-refractivity contribution in [3.8, 4) is 17.0 Å². The number of phenolic OH excluding ortho intramolecular Hbond substituents is 1. The summed E-state index contributed by atoms with van der Waals surface area (Å²) in [6.45, 7) is 2.05. The van der Waals surface area contributed by atoms with Crippen LogP contribution in [0.15, 0.2) is 42.5 Å². The van der Waals surface area contributed by atoms with Gasteiger partial charge in [0.05, 0.1) is 10.9 Å². The highest BCUT2D eigenvalue weighted by Gasteiger charge is 2.14. The zero-order valence-corrected chi connectivity index (χ0v) is 10.4. The maximum atomic E-state index is 10.1. The first kappa shape index (κ1) is 10.8. The van der Waals surface area contributed by atoms with Gasteiger partial charge in [-0.15, -0.1) is 0 Å². The van der Waals surface area contributed by atoms with Crippen LogP contribution in [0.1, 0.15) is 5.56 Å². The van der Waals surface area contributed by atoms with Crippen LogP contribution in [-0.2, 0) is 7.05 Å². The number of aromatic nitrogens is 2. The van der Waals surface area contributed by atoms with E-state index < -0.39 is 0 Å². The lowest BCUT2D eigenvalue weighted by molar-refractivity contribution is 0.482. The molecule has 0 aliphatic heterocycles. The molecular weight excluding hydrogens is 224 g/mol. The number of rotatable bonds is 1. The summed E-state index contributed by atoms with van der Waals surface area (Å²) in [5, 5.41) is 15.4. The monoisotopic (exact) mass is 238 g/mol. The Bertz CT molecular complexity index is 728. The predicted octanol–water partition coefficient (Wildman–Crippen LogP) is 3.25. The largest absolute Gasteiger partial charge is 0.507 e. The molecule has 18 heavy (non-hydrogen) atoms. The Morgan fingerprint density at radius 1 is 1.06 bits per heavy atom. The van der Waals surface area contributed by atoms with Crippen LogP contribution in [0.2, 0.25) is 0 Å². The fraction of sp³-hybridized carbons (Fsp3) is 0.133. The molecule has 1 N–H and O–H groups in total. The minimum atomic E-state index is 0.277. The number of hydrogen-bond acceptors (Lipinski definition) is 2. The molecule has 0 atom stereocenters. The molecule has 2 aromatic carbocycles. The number of benzene rings is 2. The quantitative estimate of drug-likeness (QED) is 0.706. The van der Waals surface area contributed by atoms with Gasteiger partial charge in [-0.25, -0.2) is 0 Å².